The van der Waals surface area contributed by atoms with E-state index >= 15 is 0 Å². The Bertz CT molecular complexity index is 832. The third-order valence-electron chi connectivity index (χ3n) is 5.44. The van der Waals surface area contributed by atoms with Crippen LogP contribution in [0.25, 0.3) is 0 Å². The van der Waals surface area contributed by atoms with E-state index in [4.69, 9.17) is 0 Å². The van der Waals surface area contributed by atoms with Crippen molar-refractivity contribution in [2.24, 2.45) is 11.8 Å². The molecule has 2 aliphatic heterocycles. The molecule has 0 aliphatic carbocycles. The number of benzene rings is 1. The van der Waals surface area contributed by atoms with Gasteiger partial charge in [-0.25, -0.2) is 4.79 Å². The number of carbonyl (C=O) groups excluding carboxylic acids is 3. The summed E-state index contributed by atoms with van der Waals surface area (Å²) in [6, 6.07) is 8.09. The average molecular weight is 399 g/mol. The Hall–Kier alpha value is -2.83. The number of carbonyl (C=O) groups is 3. The molecule has 2 atom stereocenters. The highest BCUT2D eigenvalue weighted by Gasteiger charge is 2.46. The quantitative estimate of drug-likeness (QED) is 0.771. The summed E-state index contributed by atoms with van der Waals surface area (Å²) >= 11 is 0. The number of urea groups is 1. The molecule has 0 spiro atoms. The Labute approximate surface area is 172 Å². The van der Waals surface area contributed by atoms with Gasteiger partial charge in [0.05, 0.1) is 23.9 Å². The maximum atomic E-state index is 13.5. The van der Waals surface area contributed by atoms with Crippen molar-refractivity contribution < 1.29 is 14.4 Å². The molecule has 2 N–H and O–H groups in total. The summed E-state index contributed by atoms with van der Waals surface area (Å²) in [5.74, 6) is -0.0846. The molecule has 7 heteroatoms. The van der Waals surface area contributed by atoms with E-state index in [0.29, 0.717) is 23.7 Å². The fourth-order valence-electron chi connectivity index (χ4n) is 3.92. The van der Waals surface area contributed by atoms with Gasteiger partial charge in [-0.15, -0.1) is 0 Å². The lowest BCUT2D eigenvalue weighted by atomic mass is 9.95. The van der Waals surface area contributed by atoms with Crippen molar-refractivity contribution in [1.29, 1.82) is 0 Å². The van der Waals surface area contributed by atoms with Gasteiger partial charge in [-0.3, -0.25) is 14.5 Å². The van der Waals surface area contributed by atoms with Gasteiger partial charge in [0.1, 0.15) is 6.04 Å². The zero-order valence-electron chi connectivity index (χ0n) is 17.7. The van der Waals surface area contributed by atoms with Crippen LogP contribution in [0.3, 0.4) is 0 Å². The molecular weight excluding hydrogens is 368 g/mol. The van der Waals surface area contributed by atoms with E-state index in [0.717, 1.165) is 5.56 Å². The maximum absolute atomic E-state index is 13.5. The number of hydrogen-bond donors (Lipinski definition) is 2. The minimum absolute atomic E-state index is 0.0587. The van der Waals surface area contributed by atoms with Crippen LogP contribution in [0.2, 0.25) is 0 Å². The van der Waals surface area contributed by atoms with Crippen molar-refractivity contribution in [3.8, 4) is 0 Å². The number of hydrogen-bond acceptors (Lipinski definition) is 3. The van der Waals surface area contributed by atoms with Crippen LogP contribution in [-0.4, -0.2) is 53.8 Å². The minimum atomic E-state index is -0.591. The minimum Gasteiger partial charge on any atom is -0.354 e. The summed E-state index contributed by atoms with van der Waals surface area (Å²) in [4.78, 5) is 42.0. The molecule has 4 amide bonds. The van der Waals surface area contributed by atoms with E-state index < -0.39 is 12.1 Å². The van der Waals surface area contributed by atoms with Crippen LogP contribution in [0.5, 0.6) is 0 Å². The highest BCUT2D eigenvalue weighted by molar-refractivity contribution is 6.03. The number of likely N-dealkylation sites (N-methyl/N-ethyl adjacent to an activating group) is 1. The second-order valence-corrected chi connectivity index (χ2v) is 8.47. The van der Waals surface area contributed by atoms with E-state index in [1.54, 1.807) is 11.9 Å². The molecule has 2 heterocycles. The van der Waals surface area contributed by atoms with Crippen molar-refractivity contribution in [3.63, 3.8) is 0 Å². The standard InChI is InChI=1S/C22H30N4O3/c1-13(2)11-23-20(27)19(14(3)4)26-12-16-17(21(26)28)18(24-22(29)25(16)5)15-9-7-6-8-10-15/h6-10,13-14,18-19H,11-12H2,1-5H3,(H,23,27)(H,24,29). The summed E-state index contributed by atoms with van der Waals surface area (Å²) < 4.78 is 0. The van der Waals surface area contributed by atoms with Crippen LogP contribution >= 0.6 is 0 Å². The fourth-order valence-corrected chi connectivity index (χ4v) is 3.92. The number of rotatable bonds is 6. The lowest BCUT2D eigenvalue weighted by Crippen LogP contribution is -2.52. The molecule has 0 aromatic heterocycles. The molecule has 0 fully saturated rings. The summed E-state index contributed by atoms with van der Waals surface area (Å²) in [5, 5.41) is 5.88. The molecule has 1 aromatic carbocycles. The van der Waals surface area contributed by atoms with E-state index in [1.807, 2.05) is 58.0 Å². The van der Waals surface area contributed by atoms with Crippen LogP contribution in [0.4, 0.5) is 4.79 Å². The van der Waals surface area contributed by atoms with Gasteiger partial charge in [-0.2, -0.15) is 0 Å². The summed E-state index contributed by atoms with van der Waals surface area (Å²) in [7, 11) is 1.66. The van der Waals surface area contributed by atoms with Crippen LogP contribution in [-0.2, 0) is 9.59 Å². The first-order chi connectivity index (χ1) is 13.7. The number of nitrogens with one attached hydrogen (secondary N) is 2. The topological polar surface area (TPSA) is 81.8 Å². The van der Waals surface area contributed by atoms with Gasteiger partial charge in [-0.05, 0) is 17.4 Å². The van der Waals surface area contributed by atoms with Crippen LogP contribution < -0.4 is 10.6 Å². The van der Waals surface area contributed by atoms with Gasteiger partial charge in [0, 0.05) is 13.6 Å². The Morgan fingerprint density at radius 3 is 2.41 bits per heavy atom. The molecule has 3 rings (SSSR count). The molecule has 29 heavy (non-hydrogen) atoms. The first-order valence-electron chi connectivity index (χ1n) is 10.1. The Kier molecular flexibility index (Phi) is 5.96. The molecule has 0 saturated heterocycles. The summed E-state index contributed by atoms with van der Waals surface area (Å²) in [6.45, 7) is 8.74. The normalized spacial score (nSPS) is 20.3. The first kappa shape index (κ1) is 20.9. The molecule has 2 aliphatic rings. The average Bonchev–Trinajstić information content (AvgIpc) is 3.01. The second kappa shape index (κ2) is 8.27. The Morgan fingerprint density at radius 2 is 1.83 bits per heavy atom. The third-order valence-corrected chi connectivity index (χ3v) is 5.44. The molecule has 156 valence electrons. The van der Waals surface area contributed by atoms with Crippen molar-refractivity contribution in [2.45, 2.75) is 39.8 Å². The predicted molar refractivity (Wildman–Crippen MR) is 111 cm³/mol. The van der Waals surface area contributed by atoms with Gasteiger partial charge < -0.3 is 15.5 Å². The number of amides is 4. The van der Waals surface area contributed by atoms with Gasteiger partial charge in [-0.1, -0.05) is 58.0 Å². The predicted octanol–water partition coefficient (Wildman–Crippen LogP) is 2.28. The smallest absolute Gasteiger partial charge is 0.322 e. The number of nitrogens with zero attached hydrogens (tertiary/aromatic N) is 2. The van der Waals surface area contributed by atoms with Gasteiger partial charge >= 0.3 is 6.03 Å². The monoisotopic (exact) mass is 398 g/mol. The third kappa shape index (κ3) is 3.99. The summed E-state index contributed by atoms with van der Waals surface area (Å²) in [5.41, 5.74) is 2.05. The van der Waals surface area contributed by atoms with Gasteiger partial charge in [0.25, 0.3) is 5.91 Å². The van der Waals surface area contributed by atoms with Gasteiger partial charge in [0.2, 0.25) is 5.91 Å². The second-order valence-electron chi connectivity index (χ2n) is 8.47. The maximum Gasteiger partial charge on any atom is 0.322 e. The zero-order valence-corrected chi connectivity index (χ0v) is 17.7. The Balaban J connectivity index is 1.93. The van der Waals surface area contributed by atoms with Crippen LogP contribution in [0, 0.1) is 11.8 Å². The Morgan fingerprint density at radius 1 is 1.17 bits per heavy atom. The van der Waals surface area contributed by atoms with Crippen LogP contribution in [0.1, 0.15) is 39.3 Å². The molecule has 0 saturated carbocycles. The molecule has 7 nitrogen and oxygen atoms in total. The van der Waals surface area contributed by atoms with Crippen molar-refractivity contribution in [3.05, 3.63) is 47.2 Å². The van der Waals surface area contributed by atoms with E-state index in [1.165, 1.54) is 4.90 Å². The van der Waals surface area contributed by atoms with Crippen molar-refractivity contribution in [1.82, 2.24) is 20.4 Å². The largest absolute Gasteiger partial charge is 0.354 e. The molecule has 0 bridgehead atoms. The van der Waals surface area contributed by atoms with Crippen molar-refractivity contribution >= 4 is 17.8 Å². The lowest BCUT2D eigenvalue weighted by Gasteiger charge is -2.31. The van der Waals surface area contributed by atoms with Crippen LogP contribution in [0.15, 0.2) is 41.6 Å². The fraction of sp³-hybridized carbons (Fsp3) is 0.500. The highest BCUT2D eigenvalue weighted by Crippen LogP contribution is 2.37. The molecule has 1 aromatic rings. The van der Waals surface area contributed by atoms with Crippen molar-refractivity contribution in [2.75, 3.05) is 20.1 Å². The van der Waals surface area contributed by atoms with E-state index in [2.05, 4.69) is 10.6 Å². The summed E-state index contributed by atoms with van der Waals surface area (Å²) in [6.07, 6.45) is 0. The lowest BCUT2D eigenvalue weighted by molar-refractivity contribution is -0.138. The SMILES string of the molecule is CC(C)CNC(=O)C(C(C)C)N1CC2=C(C1=O)C(c1ccccc1)NC(=O)N2C. The molecule has 0 radical (unpaired) electrons. The van der Waals surface area contributed by atoms with Gasteiger partial charge in [0.15, 0.2) is 0 Å². The van der Waals surface area contributed by atoms with E-state index in [9.17, 15) is 14.4 Å². The molecule has 2 unspecified atom stereocenters. The molecular formula is C22H30N4O3. The zero-order chi connectivity index (χ0) is 21.3. The van der Waals surface area contributed by atoms with E-state index in [-0.39, 0.29) is 30.3 Å². The first-order valence-corrected chi connectivity index (χ1v) is 10.1. The highest BCUT2D eigenvalue weighted by atomic mass is 16.2.